The van der Waals surface area contributed by atoms with E-state index in [0.717, 1.165) is 0 Å². The number of benzene rings is 3. The Hall–Kier alpha value is -6.68. The van der Waals surface area contributed by atoms with Gasteiger partial charge in [-0.15, -0.1) is 0 Å². The lowest BCUT2D eigenvalue weighted by atomic mass is 10.0. The van der Waals surface area contributed by atoms with Gasteiger partial charge in [0, 0.05) is 24.8 Å². The molecule has 0 radical (unpaired) electrons. The van der Waals surface area contributed by atoms with Gasteiger partial charge in [0.25, 0.3) is 0 Å². The van der Waals surface area contributed by atoms with Gasteiger partial charge in [0.15, 0.2) is 23.2 Å². The normalized spacial score (nSPS) is 19.1. The van der Waals surface area contributed by atoms with E-state index in [4.69, 9.17) is 10.5 Å². The number of nitrogens with one attached hydrogen (secondary N) is 5. The number of para-hydroxylation sites is 1. The number of amides is 4. The molecule has 1 heterocycles. The molecule has 1 aliphatic carbocycles. The molecule has 344 valence electrons. The van der Waals surface area contributed by atoms with Crippen molar-refractivity contribution in [3.63, 3.8) is 0 Å². The van der Waals surface area contributed by atoms with E-state index in [9.17, 15) is 65.7 Å². The van der Waals surface area contributed by atoms with Crippen LogP contribution in [0, 0.1) is 35.0 Å². The Morgan fingerprint density at radius 1 is 0.859 bits per heavy atom. The van der Waals surface area contributed by atoms with Crippen LogP contribution in [0.3, 0.4) is 0 Å². The maximum absolute atomic E-state index is 14.4. The Balaban J connectivity index is 1.36. The first kappa shape index (κ1) is 48.4. The molecule has 17 nitrogen and oxygen atoms in total. The van der Waals surface area contributed by atoms with Crippen LogP contribution >= 0.6 is 0 Å². The number of hydrogen-bond acceptors (Lipinski definition) is 11. The molecule has 5 rings (SSSR count). The van der Waals surface area contributed by atoms with Crippen LogP contribution in [0.2, 0.25) is 0 Å². The number of carboxylic acid groups (broad SMARTS) is 2. The molecule has 0 aromatic heterocycles. The molecule has 64 heavy (non-hydrogen) atoms. The zero-order valence-electron chi connectivity index (χ0n) is 34.1. The molecule has 0 spiro atoms. The van der Waals surface area contributed by atoms with Gasteiger partial charge in [0.1, 0.15) is 42.1 Å². The summed E-state index contributed by atoms with van der Waals surface area (Å²) >= 11 is 0. The van der Waals surface area contributed by atoms with Crippen molar-refractivity contribution in [2.24, 2.45) is 11.7 Å². The van der Waals surface area contributed by atoms with Gasteiger partial charge in [-0.2, -0.15) is 8.78 Å². The summed E-state index contributed by atoms with van der Waals surface area (Å²) < 4.78 is 80.9. The molecule has 1 fully saturated rings. The van der Waals surface area contributed by atoms with Crippen molar-refractivity contribution in [3.05, 3.63) is 94.8 Å². The highest BCUT2D eigenvalue weighted by Gasteiger charge is 2.61. The number of Topliss-reactive ketones (excluding diaryl/α,β-unsaturated/α-hetero) is 1. The highest BCUT2D eigenvalue weighted by molar-refractivity contribution is 6.01. The molecule has 3 aromatic rings. The first-order valence-corrected chi connectivity index (χ1v) is 19.9. The lowest BCUT2D eigenvalue weighted by Crippen LogP contribution is -2.62. The third kappa shape index (κ3) is 11.9. The van der Waals surface area contributed by atoms with Crippen LogP contribution in [-0.4, -0.2) is 101 Å². The van der Waals surface area contributed by atoms with E-state index in [1.54, 1.807) is 36.4 Å². The van der Waals surface area contributed by atoms with Gasteiger partial charge in [0.2, 0.25) is 35.3 Å². The number of ketones is 1. The van der Waals surface area contributed by atoms with Crippen LogP contribution in [-0.2, 0) is 51.3 Å². The Kier molecular flexibility index (Phi) is 16.0. The van der Waals surface area contributed by atoms with Crippen LogP contribution in [0.4, 0.5) is 27.6 Å². The monoisotopic (exact) mass is 904 g/mol. The maximum Gasteiger partial charge on any atom is 0.305 e. The summed E-state index contributed by atoms with van der Waals surface area (Å²) in [5, 5.41) is 31.3. The number of carboxylic acids is 2. The maximum atomic E-state index is 14.4. The first-order chi connectivity index (χ1) is 30.3. The number of carbonyl (C=O) groups excluding carboxylic acids is 5. The fraction of sp³-hybridized carbons (Fsp3) is 0.405. The number of rotatable bonds is 23. The molecule has 2 aliphatic rings. The Bertz CT molecular complexity index is 2250. The standard InChI is InChI=1S/C42H45F5N6O11/c1-20(63-18-21-7-3-2-4-8-21)35(52-38(59)27(11-6-12-31(55)56)50-39(60)29-13-22-9-5-10-24(43)36(22)49-29)40(61)53-42(16-23(42)17-48)41(62)51-28(15-32(57)58)30(54)19-64-37-33(46)25(44)14-26(45)34(37)47/h2-5,7-10,14,20,23,27-29,35,49H,6,11-13,15-19,48H2,1H3,(H,50,60)(H,51,62)(H,52,59)(H,53,61)(H,55,56)(H,57,58)/t20?,23?,27-,28-,29-,35-,42?/m0/s1. The van der Waals surface area contributed by atoms with Gasteiger partial charge in [0.05, 0.1) is 24.8 Å². The van der Waals surface area contributed by atoms with Gasteiger partial charge < -0.3 is 52.0 Å². The summed E-state index contributed by atoms with van der Waals surface area (Å²) in [6.07, 6.45) is -3.17. The van der Waals surface area contributed by atoms with E-state index in [1.165, 1.54) is 19.1 Å². The molecule has 1 saturated carbocycles. The topological polar surface area (TPSA) is 265 Å². The SMILES string of the molecule is CC(OCc1ccccc1)[C@H](NC(=O)[C@H](CCCC(=O)O)NC(=O)[C@@H]1Cc2cccc(F)c2N1)C(=O)NC1(C(=O)N[C@@H](CC(=O)O)C(=O)COc2c(F)c(F)cc(F)c2F)CC1CN. The van der Waals surface area contributed by atoms with Gasteiger partial charge in [-0.1, -0.05) is 42.5 Å². The number of anilines is 1. The van der Waals surface area contributed by atoms with Gasteiger partial charge in [-0.3, -0.25) is 33.6 Å². The number of halogens is 5. The van der Waals surface area contributed by atoms with E-state index < -0.39 is 137 Å². The molecule has 9 N–H and O–H groups in total. The highest BCUT2D eigenvalue weighted by Crippen LogP contribution is 2.43. The second kappa shape index (κ2) is 21.1. The summed E-state index contributed by atoms with van der Waals surface area (Å²) in [7, 11) is 0. The number of aliphatic carboxylic acids is 2. The van der Waals surface area contributed by atoms with E-state index in [0.29, 0.717) is 11.1 Å². The quantitative estimate of drug-likeness (QED) is 0.0501. The van der Waals surface area contributed by atoms with E-state index in [2.05, 4.69) is 31.3 Å². The van der Waals surface area contributed by atoms with Crippen molar-refractivity contribution < 1.29 is 75.2 Å². The lowest BCUT2D eigenvalue weighted by molar-refractivity contribution is -0.142. The number of carbonyl (C=O) groups is 7. The summed E-state index contributed by atoms with van der Waals surface area (Å²) in [6.45, 7) is -0.282. The molecule has 3 unspecified atom stereocenters. The molecular formula is C42H45F5N6O11. The Morgan fingerprint density at radius 3 is 2.16 bits per heavy atom. The Labute approximate surface area is 361 Å². The minimum absolute atomic E-state index is 0.0558. The molecular weight excluding hydrogens is 859 g/mol. The first-order valence-electron chi connectivity index (χ1n) is 19.9. The van der Waals surface area contributed by atoms with Crippen LogP contribution < -0.4 is 37.1 Å². The van der Waals surface area contributed by atoms with Crippen molar-refractivity contribution in [2.75, 3.05) is 18.5 Å². The number of ether oxygens (including phenoxy) is 2. The minimum Gasteiger partial charge on any atom is -0.481 e. The molecule has 7 atom stereocenters. The average Bonchev–Trinajstić information content (AvgIpc) is 3.78. The van der Waals surface area contributed by atoms with Crippen molar-refractivity contribution in [3.8, 4) is 5.75 Å². The molecule has 0 bridgehead atoms. The molecule has 4 amide bonds. The van der Waals surface area contributed by atoms with Crippen LogP contribution in [0.1, 0.15) is 50.2 Å². The van der Waals surface area contributed by atoms with Crippen LogP contribution in [0.25, 0.3) is 0 Å². The van der Waals surface area contributed by atoms with Crippen molar-refractivity contribution in [2.45, 2.75) is 87.9 Å². The third-order valence-electron chi connectivity index (χ3n) is 10.7. The van der Waals surface area contributed by atoms with Crippen LogP contribution in [0.5, 0.6) is 5.75 Å². The largest absolute Gasteiger partial charge is 0.481 e. The summed E-state index contributed by atoms with van der Waals surface area (Å²) in [5.41, 5.74) is 5.20. The zero-order chi connectivity index (χ0) is 46.9. The molecule has 3 aromatic carbocycles. The number of nitrogens with two attached hydrogens (primary N) is 1. The molecule has 22 heteroatoms. The minimum atomic E-state index is -1.99. The van der Waals surface area contributed by atoms with Gasteiger partial charge >= 0.3 is 11.9 Å². The highest BCUT2D eigenvalue weighted by atomic mass is 19.2. The average molecular weight is 905 g/mol. The summed E-state index contributed by atoms with van der Waals surface area (Å²) in [6, 6.07) is 6.67. The Morgan fingerprint density at radius 2 is 1.55 bits per heavy atom. The molecule has 1 aliphatic heterocycles. The number of fused-ring (bicyclic) bond motifs is 1. The fourth-order valence-corrected chi connectivity index (χ4v) is 7.08. The lowest BCUT2D eigenvalue weighted by Gasteiger charge is -2.30. The smallest absolute Gasteiger partial charge is 0.305 e. The number of hydrogen-bond donors (Lipinski definition) is 8. The van der Waals surface area contributed by atoms with E-state index >= 15 is 0 Å². The zero-order valence-corrected chi connectivity index (χ0v) is 34.1. The summed E-state index contributed by atoms with van der Waals surface area (Å²) in [4.78, 5) is 92.0. The molecule has 0 saturated heterocycles. The van der Waals surface area contributed by atoms with Gasteiger partial charge in [-0.05, 0) is 49.9 Å². The predicted molar refractivity (Wildman–Crippen MR) is 213 cm³/mol. The van der Waals surface area contributed by atoms with Crippen molar-refractivity contribution in [1.29, 1.82) is 0 Å². The third-order valence-corrected chi connectivity index (χ3v) is 10.7. The second-order valence-corrected chi connectivity index (χ2v) is 15.3. The summed E-state index contributed by atoms with van der Waals surface area (Å²) in [5.74, 6) is -18.8. The van der Waals surface area contributed by atoms with E-state index in [-0.39, 0.29) is 50.6 Å². The second-order valence-electron chi connectivity index (χ2n) is 15.3. The fourth-order valence-electron chi connectivity index (χ4n) is 7.08. The van der Waals surface area contributed by atoms with Crippen molar-refractivity contribution >= 4 is 47.0 Å². The van der Waals surface area contributed by atoms with E-state index in [1.807, 2.05) is 0 Å². The van der Waals surface area contributed by atoms with Crippen LogP contribution in [0.15, 0.2) is 54.6 Å². The van der Waals surface area contributed by atoms with Gasteiger partial charge in [-0.25, -0.2) is 13.2 Å². The van der Waals surface area contributed by atoms with Crippen molar-refractivity contribution in [1.82, 2.24) is 21.3 Å². The predicted octanol–water partition coefficient (Wildman–Crippen LogP) is 1.99.